The van der Waals surface area contributed by atoms with Crippen molar-refractivity contribution in [3.05, 3.63) is 54.2 Å². The molecule has 0 bridgehead atoms. The molecule has 8 nitrogen and oxygen atoms in total. The summed E-state index contributed by atoms with van der Waals surface area (Å²) >= 11 is 0. The van der Waals surface area contributed by atoms with Crippen LogP contribution in [0.1, 0.15) is 17.9 Å². The molecule has 26 heavy (non-hydrogen) atoms. The standard InChI is InChI=1S/C18H18N6O2/c1-12-20-17-15(6-4-8-24(17)22-12)21-18(26)13-9-16(25)23(10-13)11-14-5-2-3-7-19-14/h2-8,13H,9-11H2,1H3,(H,21,26). The van der Waals surface area contributed by atoms with E-state index >= 15 is 0 Å². The Balaban J connectivity index is 1.46. The van der Waals surface area contributed by atoms with Crippen molar-refractivity contribution in [1.82, 2.24) is 24.5 Å². The smallest absolute Gasteiger partial charge is 0.229 e. The Bertz CT molecular complexity index is 968. The minimum atomic E-state index is -0.393. The highest BCUT2D eigenvalue weighted by atomic mass is 16.2. The number of nitrogens with one attached hydrogen (secondary N) is 1. The number of hydrogen-bond acceptors (Lipinski definition) is 5. The minimum Gasteiger partial charge on any atom is -0.336 e. The second-order valence-electron chi connectivity index (χ2n) is 6.33. The van der Waals surface area contributed by atoms with E-state index in [2.05, 4.69) is 20.4 Å². The van der Waals surface area contributed by atoms with E-state index in [1.165, 1.54) is 0 Å². The lowest BCUT2D eigenvalue weighted by Crippen LogP contribution is -2.28. The highest BCUT2D eigenvalue weighted by molar-refractivity contribution is 5.99. The van der Waals surface area contributed by atoms with E-state index in [4.69, 9.17) is 0 Å². The van der Waals surface area contributed by atoms with Crippen LogP contribution in [-0.4, -0.2) is 42.8 Å². The van der Waals surface area contributed by atoms with Crippen molar-refractivity contribution in [2.75, 3.05) is 11.9 Å². The van der Waals surface area contributed by atoms with Crippen molar-refractivity contribution < 1.29 is 9.59 Å². The van der Waals surface area contributed by atoms with Crippen molar-refractivity contribution in [3.8, 4) is 0 Å². The lowest BCUT2D eigenvalue weighted by molar-refractivity contribution is -0.128. The number of aryl methyl sites for hydroxylation is 1. The third-order valence-electron chi connectivity index (χ3n) is 4.39. The van der Waals surface area contributed by atoms with Gasteiger partial charge in [-0.15, -0.1) is 0 Å². The van der Waals surface area contributed by atoms with Crippen LogP contribution >= 0.6 is 0 Å². The zero-order valence-corrected chi connectivity index (χ0v) is 14.3. The summed E-state index contributed by atoms with van der Waals surface area (Å²) < 4.78 is 1.62. The predicted molar refractivity (Wildman–Crippen MR) is 94.1 cm³/mol. The molecule has 2 amide bonds. The first kappa shape index (κ1) is 16.2. The molecule has 8 heteroatoms. The molecule has 1 unspecified atom stereocenters. The molecule has 1 N–H and O–H groups in total. The fourth-order valence-corrected chi connectivity index (χ4v) is 3.13. The molecule has 1 aliphatic heterocycles. The number of likely N-dealkylation sites (tertiary alicyclic amines) is 1. The molecule has 3 aromatic heterocycles. The zero-order valence-electron chi connectivity index (χ0n) is 14.3. The molecule has 4 heterocycles. The monoisotopic (exact) mass is 350 g/mol. The predicted octanol–water partition coefficient (Wildman–Crippen LogP) is 1.42. The van der Waals surface area contributed by atoms with Gasteiger partial charge in [0.15, 0.2) is 5.65 Å². The van der Waals surface area contributed by atoms with Gasteiger partial charge in [0.05, 0.1) is 23.8 Å². The number of hydrogen-bond donors (Lipinski definition) is 1. The van der Waals surface area contributed by atoms with Crippen molar-refractivity contribution >= 4 is 23.1 Å². The second kappa shape index (κ2) is 6.55. The molecule has 0 spiro atoms. The van der Waals surface area contributed by atoms with Gasteiger partial charge in [-0.3, -0.25) is 14.6 Å². The number of pyridine rings is 2. The molecule has 4 rings (SSSR count). The fourth-order valence-electron chi connectivity index (χ4n) is 3.13. The summed E-state index contributed by atoms with van der Waals surface area (Å²) in [4.78, 5) is 35.1. The zero-order chi connectivity index (χ0) is 18.1. The Kier molecular flexibility index (Phi) is 4.08. The van der Waals surface area contributed by atoms with Gasteiger partial charge in [0.2, 0.25) is 11.8 Å². The van der Waals surface area contributed by atoms with Crippen molar-refractivity contribution in [3.63, 3.8) is 0 Å². The maximum atomic E-state index is 12.6. The van der Waals surface area contributed by atoms with Crippen LogP contribution in [0, 0.1) is 12.8 Å². The first-order chi connectivity index (χ1) is 12.6. The normalized spacial score (nSPS) is 17.0. The highest BCUT2D eigenvalue weighted by Crippen LogP contribution is 2.22. The number of aromatic nitrogens is 4. The third kappa shape index (κ3) is 3.13. The molecule has 3 aromatic rings. The Morgan fingerprint density at radius 2 is 2.19 bits per heavy atom. The number of fused-ring (bicyclic) bond motifs is 1. The summed E-state index contributed by atoms with van der Waals surface area (Å²) in [6.07, 6.45) is 3.67. The number of carbonyl (C=O) groups excluding carboxylic acids is 2. The Labute approximate surface area is 149 Å². The second-order valence-corrected chi connectivity index (χ2v) is 6.33. The van der Waals surface area contributed by atoms with Crippen LogP contribution in [0.5, 0.6) is 0 Å². The molecular weight excluding hydrogens is 332 g/mol. The number of anilines is 1. The van der Waals surface area contributed by atoms with Gasteiger partial charge in [0.1, 0.15) is 5.82 Å². The maximum Gasteiger partial charge on any atom is 0.229 e. The summed E-state index contributed by atoms with van der Waals surface area (Å²) in [6.45, 7) is 2.60. The molecular formula is C18H18N6O2. The largest absolute Gasteiger partial charge is 0.336 e. The van der Waals surface area contributed by atoms with Gasteiger partial charge >= 0.3 is 0 Å². The number of nitrogens with zero attached hydrogens (tertiary/aromatic N) is 5. The number of rotatable bonds is 4. The summed E-state index contributed by atoms with van der Waals surface area (Å²) in [5, 5.41) is 7.12. The Hall–Kier alpha value is -3.29. The van der Waals surface area contributed by atoms with Crippen LogP contribution in [0.4, 0.5) is 5.69 Å². The third-order valence-corrected chi connectivity index (χ3v) is 4.39. The summed E-state index contributed by atoms with van der Waals surface area (Å²) in [5.74, 6) is 0.0164. The van der Waals surface area contributed by atoms with E-state index in [0.29, 0.717) is 30.2 Å². The highest BCUT2D eigenvalue weighted by Gasteiger charge is 2.34. The fraction of sp³-hybridized carbons (Fsp3) is 0.278. The van der Waals surface area contributed by atoms with Crippen molar-refractivity contribution in [2.45, 2.75) is 19.9 Å². The lowest BCUT2D eigenvalue weighted by Gasteiger charge is -2.16. The first-order valence-electron chi connectivity index (χ1n) is 8.41. The molecule has 0 radical (unpaired) electrons. The lowest BCUT2D eigenvalue weighted by atomic mass is 10.1. The van der Waals surface area contributed by atoms with E-state index < -0.39 is 5.92 Å². The Morgan fingerprint density at radius 3 is 3.00 bits per heavy atom. The first-order valence-corrected chi connectivity index (χ1v) is 8.41. The van der Waals surface area contributed by atoms with Crippen LogP contribution in [0.15, 0.2) is 42.7 Å². The SMILES string of the molecule is Cc1nc2c(NC(=O)C3CC(=O)N(Cc4ccccn4)C3)cccn2n1. The summed E-state index contributed by atoms with van der Waals surface area (Å²) in [6, 6.07) is 9.16. The number of carbonyl (C=O) groups is 2. The van der Waals surface area contributed by atoms with E-state index in [0.717, 1.165) is 5.69 Å². The van der Waals surface area contributed by atoms with Gasteiger partial charge in [0, 0.05) is 25.4 Å². The van der Waals surface area contributed by atoms with Crippen LogP contribution < -0.4 is 5.32 Å². The number of amides is 2. The Morgan fingerprint density at radius 1 is 1.31 bits per heavy atom. The molecule has 0 saturated carbocycles. The molecule has 1 saturated heterocycles. The van der Waals surface area contributed by atoms with Gasteiger partial charge in [-0.2, -0.15) is 5.10 Å². The van der Waals surface area contributed by atoms with E-state index in [1.807, 2.05) is 18.2 Å². The van der Waals surface area contributed by atoms with E-state index in [1.54, 1.807) is 40.9 Å². The van der Waals surface area contributed by atoms with Crippen LogP contribution in [0.3, 0.4) is 0 Å². The summed E-state index contributed by atoms with van der Waals surface area (Å²) in [7, 11) is 0. The molecule has 1 aliphatic rings. The molecule has 1 fully saturated rings. The van der Waals surface area contributed by atoms with Gasteiger partial charge in [-0.05, 0) is 31.2 Å². The van der Waals surface area contributed by atoms with E-state index in [9.17, 15) is 9.59 Å². The van der Waals surface area contributed by atoms with Gasteiger partial charge in [-0.25, -0.2) is 9.50 Å². The maximum absolute atomic E-state index is 12.6. The molecule has 132 valence electrons. The van der Waals surface area contributed by atoms with Crippen LogP contribution in [0.25, 0.3) is 5.65 Å². The van der Waals surface area contributed by atoms with Gasteiger partial charge < -0.3 is 10.2 Å². The average molecular weight is 350 g/mol. The van der Waals surface area contributed by atoms with Crippen LogP contribution in [0.2, 0.25) is 0 Å². The van der Waals surface area contributed by atoms with Gasteiger partial charge in [0.25, 0.3) is 0 Å². The summed E-state index contributed by atoms with van der Waals surface area (Å²) in [5.41, 5.74) is 1.99. The van der Waals surface area contributed by atoms with E-state index in [-0.39, 0.29) is 18.2 Å². The molecule has 1 atom stereocenters. The van der Waals surface area contributed by atoms with Crippen molar-refractivity contribution in [1.29, 1.82) is 0 Å². The van der Waals surface area contributed by atoms with Gasteiger partial charge in [-0.1, -0.05) is 6.07 Å². The topological polar surface area (TPSA) is 92.5 Å². The van der Waals surface area contributed by atoms with Crippen LogP contribution in [-0.2, 0) is 16.1 Å². The average Bonchev–Trinajstić information content (AvgIpc) is 3.19. The minimum absolute atomic E-state index is 0.0349. The molecule has 0 aromatic carbocycles. The molecule has 0 aliphatic carbocycles. The quantitative estimate of drug-likeness (QED) is 0.768. The van der Waals surface area contributed by atoms with Crippen molar-refractivity contribution in [2.24, 2.45) is 5.92 Å².